The summed E-state index contributed by atoms with van der Waals surface area (Å²) in [5.74, 6) is 1.34. The Kier molecular flexibility index (Phi) is 3.88. The average Bonchev–Trinajstić information content (AvgIpc) is 2.38. The van der Waals surface area contributed by atoms with Crippen LogP contribution >= 0.6 is 0 Å². The number of anilines is 3. The number of nitrogens with two attached hydrogens (primary N) is 1. The summed E-state index contributed by atoms with van der Waals surface area (Å²) >= 11 is 0. The minimum Gasteiger partial charge on any atom is -0.353 e. The number of benzene rings is 1. The van der Waals surface area contributed by atoms with Crippen LogP contribution in [0.15, 0.2) is 42.6 Å². The van der Waals surface area contributed by atoms with Crippen LogP contribution in [0.2, 0.25) is 0 Å². The van der Waals surface area contributed by atoms with E-state index in [0.717, 1.165) is 11.5 Å². The summed E-state index contributed by atoms with van der Waals surface area (Å²) in [7, 11) is 0. The largest absolute Gasteiger partial charge is 0.353 e. The van der Waals surface area contributed by atoms with Gasteiger partial charge in [0, 0.05) is 25.0 Å². The molecular formula is C12H15N5. The van der Waals surface area contributed by atoms with E-state index in [1.54, 1.807) is 6.20 Å². The summed E-state index contributed by atoms with van der Waals surface area (Å²) in [6, 6.07) is 11.7. The summed E-state index contributed by atoms with van der Waals surface area (Å²) in [4.78, 5) is 8.42. The Morgan fingerprint density at radius 3 is 2.71 bits per heavy atom. The highest BCUT2D eigenvalue weighted by Gasteiger charge is 1.98. The lowest BCUT2D eigenvalue weighted by Crippen LogP contribution is -2.14. The molecule has 0 aliphatic heterocycles. The molecule has 2 aromatic rings. The van der Waals surface area contributed by atoms with Crippen molar-refractivity contribution in [3.05, 3.63) is 42.6 Å². The van der Waals surface area contributed by atoms with E-state index in [2.05, 4.69) is 20.6 Å². The van der Waals surface area contributed by atoms with Crippen molar-refractivity contribution in [1.29, 1.82) is 0 Å². The van der Waals surface area contributed by atoms with Gasteiger partial charge in [0.15, 0.2) is 0 Å². The fourth-order valence-corrected chi connectivity index (χ4v) is 1.37. The monoisotopic (exact) mass is 229 g/mol. The minimum atomic E-state index is 0.555. The molecule has 4 N–H and O–H groups in total. The Labute approximate surface area is 100 Å². The Hall–Kier alpha value is -2.14. The molecule has 0 saturated heterocycles. The van der Waals surface area contributed by atoms with E-state index in [9.17, 15) is 0 Å². The number of nitrogens with zero attached hydrogens (tertiary/aromatic N) is 2. The van der Waals surface area contributed by atoms with E-state index in [-0.39, 0.29) is 0 Å². The molecule has 0 aliphatic carbocycles. The maximum atomic E-state index is 5.40. The lowest BCUT2D eigenvalue weighted by atomic mass is 10.3. The van der Waals surface area contributed by atoms with Crippen LogP contribution in [0, 0.1) is 0 Å². The van der Waals surface area contributed by atoms with Crippen LogP contribution in [0.3, 0.4) is 0 Å². The van der Waals surface area contributed by atoms with E-state index in [0.29, 0.717) is 19.0 Å². The van der Waals surface area contributed by atoms with Crippen LogP contribution in [0.5, 0.6) is 0 Å². The van der Waals surface area contributed by atoms with Crippen molar-refractivity contribution in [2.75, 3.05) is 23.7 Å². The van der Waals surface area contributed by atoms with Gasteiger partial charge in [0.25, 0.3) is 0 Å². The molecule has 2 rings (SSSR count). The van der Waals surface area contributed by atoms with Crippen molar-refractivity contribution in [3.63, 3.8) is 0 Å². The van der Waals surface area contributed by atoms with Crippen LogP contribution in [-0.4, -0.2) is 23.1 Å². The van der Waals surface area contributed by atoms with Gasteiger partial charge in [-0.1, -0.05) is 18.2 Å². The molecular weight excluding hydrogens is 214 g/mol. The zero-order chi connectivity index (χ0) is 11.9. The lowest BCUT2D eigenvalue weighted by molar-refractivity contribution is 0.990. The number of aromatic nitrogens is 2. The highest BCUT2D eigenvalue weighted by atomic mass is 15.1. The SMILES string of the molecule is NCCNc1nccc(Nc2ccccc2)n1. The normalized spacial score (nSPS) is 9.94. The fraction of sp³-hybridized carbons (Fsp3) is 0.167. The third-order valence-electron chi connectivity index (χ3n) is 2.13. The molecule has 1 aromatic carbocycles. The number of rotatable bonds is 5. The summed E-state index contributed by atoms with van der Waals surface area (Å²) in [6.45, 7) is 1.22. The Bertz CT molecular complexity index is 457. The third-order valence-corrected chi connectivity index (χ3v) is 2.13. The zero-order valence-corrected chi connectivity index (χ0v) is 9.43. The van der Waals surface area contributed by atoms with Gasteiger partial charge in [-0.2, -0.15) is 4.98 Å². The van der Waals surface area contributed by atoms with Gasteiger partial charge in [-0.25, -0.2) is 4.98 Å². The van der Waals surface area contributed by atoms with Crippen LogP contribution in [0.4, 0.5) is 17.5 Å². The molecule has 0 radical (unpaired) electrons. The van der Waals surface area contributed by atoms with Crippen molar-refractivity contribution in [1.82, 2.24) is 9.97 Å². The summed E-state index contributed by atoms with van der Waals surface area (Å²) < 4.78 is 0. The van der Waals surface area contributed by atoms with Gasteiger partial charge in [0.2, 0.25) is 5.95 Å². The van der Waals surface area contributed by atoms with E-state index in [1.807, 2.05) is 36.4 Å². The predicted molar refractivity (Wildman–Crippen MR) is 69.3 cm³/mol. The second-order valence-electron chi connectivity index (χ2n) is 3.47. The molecule has 1 heterocycles. The van der Waals surface area contributed by atoms with Crippen LogP contribution in [0.1, 0.15) is 0 Å². The Morgan fingerprint density at radius 1 is 1.12 bits per heavy atom. The van der Waals surface area contributed by atoms with E-state index in [1.165, 1.54) is 0 Å². The first-order valence-electron chi connectivity index (χ1n) is 5.47. The Morgan fingerprint density at radius 2 is 1.94 bits per heavy atom. The minimum absolute atomic E-state index is 0.555. The standard InChI is InChI=1S/C12H15N5/c13-7-9-15-12-14-8-6-11(17-12)16-10-4-2-1-3-5-10/h1-6,8H,7,9,13H2,(H2,14,15,16,17). The predicted octanol–water partition coefficient (Wildman–Crippen LogP) is 1.59. The first kappa shape index (κ1) is 11.3. The van der Waals surface area contributed by atoms with Gasteiger partial charge < -0.3 is 16.4 Å². The maximum absolute atomic E-state index is 5.40. The summed E-state index contributed by atoms with van der Waals surface area (Å²) in [6.07, 6.45) is 1.71. The van der Waals surface area contributed by atoms with E-state index < -0.39 is 0 Å². The van der Waals surface area contributed by atoms with Crippen molar-refractivity contribution in [2.45, 2.75) is 0 Å². The molecule has 0 saturated carbocycles. The van der Waals surface area contributed by atoms with Gasteiger partial charge in [-0.3, -0.25) is 0 Å². The fourth-order valence-electron chi connectivity index (χ4n) is 1.37. The summed E-state index contributed by atoms with van der Waals surface area (Å²) in [5, 5.41) is 6.23. The highest BCUT2D eigenvalue weighted by Crippen LogP contribution is 2.13. The van der Waals surface area contributed by atoms with Gasteiger partial charge in [0.1, 0.15) is 5.82 Å². The zero-order valence-electron chi connectivity index (χ0n) is 9.43. The molecule has 17 heavy (non-hydrogen) atoms. The molecule has 0 amide bonds. The number of hydrogen-bond donors (Lipinski definition) is 3. The average molecular weight is 229 g/mol. The van der Waals surface area contributed by atoms with Crippen molar-refractivity contribution in [2.24, 2.45) is 5.73 Å². The van der Waals surface area contributed by atoms with Gasteiger partial charge in [-0.05, 0) is 18.2 Å². The first-order chi connectivity index (χ1) is 8.38. The molecule has 0 atom stereocenters. The Balaban J connectivity index is 2.06. The molecule has 88 valence electrons. The van der Waals surface area contributed by atoms with Crippen LogP contribution in [0.25, 0.3) is 0 Å². The second kappa shape index (κ2) is 5.81. The smallest absolute Gasteiger partial charge is 0.224 e. The van der Waals surface area contributed by atoms with E-state index in [4.69, 9.17) is 5.73 Å². The second-order valence-corrected chi connectivity index (χ2v) is 3.47. The quantitative estimate of drug-likeness (QED) is 0.726. The molecule has 0 bridgehead atoms. The molecule has 0 unspecified atom stereocenters. The van der Waals surface area contributed by atoms with Crippen LogP contribution < -0.4 is 16.4 Å². The number of hydrogen-bond acceptors (Lipinski definition) is 5. The van der Waals surface area contributed by atoms with Crippen molar-refractivity contribution < 1.29 is 0 Å². The number of nitrogens with one attached hydrogen (secondary N) is 2. The molecule has 0 spiro atoms. The van der Waals surface area contributed by atoms with E-state index >= 15 is 0 Å². The third kappa shape index (κ3) is 3.42. The molecule has 0 aliphatic rings. The topological polar surface area (TPSA) is 75.9 Å². The van der Waals surface area contributed by atoms with Gasteiger partial charge in [-0.15, -0.1) is 0 Å². The van der Waals surface area contributed by atoms with Gasteiger partial charge >= 0.3 is 0 Å². The first-order valence-corrected chi connectivity index (χ1v) is 5.47. The van der Waals surface area contributed by atoms with Crippen molar-refractivity contribution in [3.8, 4) is 0 Å². The van der Waals surface area contributed by atoms with Gasteiger partial charge in [0.05, 0.1) is 0 Å². The van der Waals surface area contributed by atoms with Crippen LogP contribution in [-0.2, 0) is 0 Å². The maximum Gasteiger partial charge on any atom is 0.224 e. The highest BCUT2D eigenvalue weighted by molar-refractivity contribution is 5.56. The van der Waals surface area contributed by atoms with Crippen molar-refractivity contribution >= 4 is 17.5 Å². The molecule has 5 heteroatoms. The molecule has 1 aromatic heterocycles. The lowest BCUT2D eigenvalue weighted by Gasteiger charge is -2.07. The number of para-hydroxylation sites is 1. The molecule has 0 fully saturated rings. The summed E-state index contributed by atoms with van der Waals surface area (Å²) in [5.41, 5.74) is 6.40. The molecule has 5 nitrogen and oxygen atoms in total.